The first-order valence-electron chi connectivity index (χ1n) is 12.9. The maximum Gasteiger partial charge on any atom is 0.248 e. The summed E-state index contributed by atoms with van der Waals surface area (Å²) < 4.78 is 15.1. The van der Waals surface area contributed by atoms with Crippen LogP contribution in [0.2, 0.25) is 0 Å². The highest BCUT2D eigenvalue weighted by Gasteiger charge is 2.60. The maximum atomic E-state index is 15.1. The summed E-state index contributed by atoms with van der Waals surface area (Å²) in [5.74, 6) is 0.0220. The summed E-state index contributed by atoms with van der Waals surface area (Å²) in [7, 11) is 4.10. The number of benzene rings is 1. The molecule has 190 valence electrons. The Kier molecular flexibility index (Phi) is 5.59. The molecule has 2 saturated heterocycles. The van der Waals surface area contributed by atoms with Gasteiger partial charge in [-0.1, -0.05) is 12.8 Å². The number of carbonyl (C=O) groups excluding carboxylic acids is 2. The largest absolute Gasteiger partial charge is 0.368 e. The molecule has 9 nitrogen and oxygen atoms in total. The molecule has 1 aromatic carbocycles. The molecule has 3 aliphatic heterocycles. The Hall–Kier alpha value is -3.27. The molecule has 2 atom stereocenters. The van der Waals surface area contributed by atoms with Gasteiger partial charge in [0.05, 0.1) is 5.69 Å². The molecule has 10 heteroatoms. The van der Waals surface area contributed by atoms with Gasteiger partial charge in [0, 0.05) is 49.2 Å². The fourth-order valence-electron chi connectivity index (χ4n) is 6.28. The number of likely N-dealkylation sites (N-methyl/N-ethyl adjacent to an activating group) is 1. The van der Waals surface area contributed by atoms with E-state index in [1.807, 2.05) is 6.07 Å². The zero-order valence-corrected chi connectivity index (χ0v) is 20.8. The minimum atomic E-state index is -1.23. The molecule has 3 fully saturated rings. The molecule has 36 heavy (non-hydrogen) atoms. The predicted molar refractivity (Wildman–Crippen MR) is 135 cm³/mol. The normalized spacial score (nSPS) is 25.9. The number of carbonyl (C=O) groups is 2. The molecule has 2 amide bonds. The number of nitrogens with zero attached hydrogens (tertiary/aromatic N) is 5. The van der Waals surface area contributed by atoms with Gasteiger partial charge in [0.2, 0.25) is 17.8 Å². The van der Waals surface area contributed by atoms with Crippen molar-refractivity contribution < 1.29 is 14.0 Å². The number of hydrogen-bond acceptors (Lipinski definition) is 7. The summed E-state index contributed by atoms with van der Waals surface area (Å²) in [5.41, 5.74) is 0.465. The summed E-state index contributed by atoms with van der Waals surface area (Å²) in [6.07, 6.45) is 6.91. The number of aromatic nitrogens is 2. The highest BCUT2D eigenvalue weighted by molar-refractivity contribution is 6.22. The minimum Gasteiger partial charge on any atom is -0.368 e. The zero-order valence-electron chi connectivity index (χ0n) is 20.8. The molecule has 1 aromatic heterocycles. The van der Waals surface area contributed by atoms with Crippen molar-refractivity contribution in [2.45, 2.75) is 56.0 Å². The van der Waals surface area contributed by atoms with E-state index < -0.39 is 5.41 Å². The second kappa shape index (κ2) is 8.69. The van der Waals surface area contributed by atoms with E-state index in [0.717, 1.165) is 45.2 Å². The molecule has 1 aliphatic carbocycles. The Morgan fingerprint density at radius 2 is 2.00 bits per heavy atom. The molecule has 1 spiro atoms. The predicted octanol–water partition coefficient (Wildman–Crippen LogP) is 2.55. The van der Waals surface area contributed by atoms with Crippen LogP contribution in [0.25, 0.3) is 0 Å². The first-order chi connectivity index (χ1) is 17.4. The Morgan fingerprint density at radius 3 is 2.67 bits per heavy atom. The van der Waals surface area contributed by atoms with E-state index in [1.54, 1.807) is 17.2 Å². The summed E-state index contributed by atoms with van der Waals surface area (Å²) in [5, 5.41) is 5.93. The second-order valence-electron chi connectivity index (χ2n) is 10.6. The van der Waals surface area contributed by atoms with Gasteiger partial charge in [-0.25, -0.2) is 9.37 Å². The van der Waals surface area contributed by atoms with Crippen LogP contribution in [0.4, 0.5) is 27.5 Å². The number of anilines is 4. The standard InChI is InChI=1S/C26H32FN7O2/c1-32(2)18-9-12-33(15-18)21-8-7-16(13-20(21)27)30-25-29-14-19-22(31-25)34(17-5-3-4-6-17)24(36)26(19)10-11-28-23(26)35/h7-8,13-14,17-18H,3-6,9-12,15H2,1-2H3,(H,28,35)(H,29,30,31). The third kappa shape index (κ3) is 3.53. The third-order valence-corrected chi connectivity index (χ3v) is 8.34. The average molecular weight is 494 g/mol. The molecular weight excluding hydrogens is 461 g/mol. The number of nitrogens with one attached hydrogen (secondary N) is 2. The van der Waals surface area contributed by atoms with E-state index in [0.29, 0.717) is 41.8 Å². The number of rotatable bonds is 5. The van der Waals surface area contributed by atoms with Gasteiger partial charge in [0.15, 0.2) is 5.41 Å². The molecule has 4 aliphatic rings. The SMILES string of the molecule is CN(C)C1CCN(c2ccc(Nc3ncc4c(n3)N(C3CCCC3)C(=O)C43CCNC3=O)cc2F)C1. The molecule has 6 rings (SSSR count). The van der Waals surface area contributed by atoms with Crippen LogP contribution in [0.15, 0.2) is 24.4 Å². The molecule has 0 bridgehead atoms. The zero-order chi connectivity index (χ0) is 25.0. The van der Waals surface area contributed by atoms with Gasteiger partial charge in [-0.15, -0.1) is 0 Å². The summed E-state index contributed by atoms with van der Waals surface area (Å²) in [6, 6.07) is 5.52. The molecule has 0 radical (unpaired) electrons. The van der Waals surface area contributed by atoms with Crippen molar-refractivity contribution in [2.75, 3.05) is 48.8 Å². The fraction of sp³-hybridized carbons (Fsp3) is 0.538. The number of fused-ring (bicyclic) bond motifs is 2. The second-order valence-corrected chi connectivity index (χ2v) is 10.6. The van der Waals surface area contributed by atoms with Crippen LogP contribution in [0.5, 0.6) is 0 Å². The molecule has 1 saturated carbocycles. The van der Waals surface area contributed by atoms with E-state index in [9.17, 15) is 9.59 Å². The van der Waals surface area contributed by atoms with E-state index >= 15 is 4.39 Å². The monoisotopic (exact) mass is 493 g/mol. The lowest BCUT2D eigenvalue weighted by Gasteiger charge is -2.26. The van der Waals surface area contributed by atoms with Crippen LogP contribution in [0, 0.1) is 5.82 Å². The maximum absolute atomic E-state index is 15.1. The van der Waals surface area contributed by atoms with Crippen molar-refractivity contribution in [3.05, 3.63) is 35.8 Å². The van der Waals surface area contributed by atoms with Crippen molar-refractivity contribution in [3.63, 3.8) is 0 Å². The lowest BCUT2D eigenvalue weighted by Crippen LogP contribution is -2.48. The lowest BCUT2D eigenvalue weighted by molar-refractivity contribution is -0.133. The van der Waals surface area contributed by atoms with E-state index in [2.05, 4.69) is 39.5 Å². The van der Waals surface area contributed by atoms with Crippen molar-refractivity contribution in [1.82, 2.24) is 20.2 Å². The van der Waals surface area contributed by atoms with Crippen LogP contribution < -0.4 is 20.4 Å². The van der Waals surface area contributed by atoms with E-state index in [4.69, 9.17) is 4.98 Å². The van der Waals surface area contributed by atoms with Gasteiger partial charge in [-0.3, -0.25) is 14.5 Å². The van der Waals surface area contributed by atoms with Gasteiger partial charge in [-0.05, 0) is 58.0 Å². The van der Waals surface area contributed by atoms with Crippen LogP contribution >= 0.6 is 0 Å². The first-order valence-corrected chi connectivity index (χ1v) is 12.9. The Morgan fingerprint density at radius 1 is 1.19 bits per heavy atom. The molecule has 2 unspecified atom stereocenters. The minimum absolute atomic E-state index is 0.0370. The lowest BCUT2D eigenvalue weighted by atomic mass is 9.81. The smallest absolute Gasteiger partial charge is 0.248 e. The topological polar surface area (TPSA) is 93.7 Å². The molecule has 2 N–H and O–H groups in total. The molecule has 4 heterocycles. The van der Waals surface area contributed by atoms with Crippen molar-refractivity contribution in [3.8, 4) is 0 Å². The Balaban J connectivity index is 1.28. The molecule has 2 aromatic rings. The van der Waals surface area contributed by atoms with Gasteiger partial charge < -0.3 is 20.4 Å². The van der Waals surface area contributed by atoms with E-state index in [-0.39, 0.29) is 29.6 Å². The summed E-state index contributed by atoms with van der Waals surface area (Å²) in [6.45, 7) is 2.08. The van der Waals surface area contributed by atoms with Crippen LogP contribution in [-0.2, 0) is 15.0 Å². The third-order valence-electron chi connectivity index (χ3n) is 8.34. The quantitative estimate of drug-likeness (QED) is 0.619. The highest BCUT2D eigenvalue weighted by Crippen LogP contribution is 2.47. The Bertz CT molecular complexity index is 1210. The van der Waals surface area contributed by atoms with Gasteiger partial charge >= 0.3 is 0 Å². The van der Waals surface area contributed by atoms with Gasteiger partial charge in [-0.2, -0.15) is 4.98 Å². The fourth-order valence-corrected chi connectivity index (χ4v) is 6.28. The number of hydrogen-bond donors (Lipinski definition) is 2. The highest BCUT2D eigenvalue weighted by atomic mass is 19.1. The summed E-state index contributed by atoms with van der Waals surface area (Å²) >= 11 is 0. The first kappa shape index (κ1) is 23.1. The van der Waals surface area contributed by atoms with Crippen LogP contribution in [-0.4, -0.2) is 72.5 Å². The number of amides is 2. The van der Waals surface area contributed by atoms with Crippen molar-refractivity contribution in [1.29, 1.82) is 0 Å². The van der Waals surface area contributed by atoms with Gasteiger partial charge in [0.25, 0.3) is 0 Å². The van der Waals surface area contributed by atoms with Crippen molar-refractivity contribution in [2.24, 2.45) is 0 Å². The van der Waals surface area contributed by atoms with E-state index in [1.165, 1.54) is 6.07 Å². The van der Waals surface area contributed by atoms with Crippen molar-refractivity contribution >= 4 is 35.0 Å². The van der Waals surface area contributed by atoms with Crippen LogP contribution in [0.1, 0.15) is 44.1 Å². The van der Waals surface area contributed by atoms with Crippen LogP contribution in [0.3, 0.4) is 0 Å². The Labute approximate surface area is 210 Å². The van der Waals surface area contributed by atoms with Gasteiger partial charge in [0.1, 0.15) is 11.6 Å². The molecular formula is C26H32FN7O2. The number of halogens is 1. The summed E-state index contributed by atoms with van der Waals surface area (Å²) in [4.78, 5) is 41.6. The average Bonchev–Trinajstić information content (AvgIpc) is 3.64.